The molecule has 0 radical (unpaired) electrons. The predicted molar refractivity (Wildman–Crippen MR) is 75.4 cm³/mol. The van der Waals surface area contributed by atoms with E-state index in [2.05, 4.69) is 61.4 Å². The summed E-state index contributed by atoms with van der Waals surface area (Å²) in [7, 11) is 0. The second kappa shape index (κ2) is 5.78. The Labute approximate surface area is 109 Å². The molecule has 0 aliphatic carbocycles. The SMILES string of the molecule is Cc1ccc(CN[C@H](C)c2ccncc2)cc1C. The molecule has 2 aromatic rings. The highest BCUT2D eigenvalue weighted by Gasteiger charge is 2.04. The summed E-state index contributed by atoms with van der Waals surface area (Å²) in [6.07, 6.45) is 3.67. The van der Waals surface area contributed by atoms with Gasteiger partial charge >= 0.3 is 0 Å². The Morgan fingerprint density at radius 3 is 2.44 bits per heavy atom. The topological polar surface area (TPSA) is 24.9 Å². The Hall–Kier alpha value is -1.67. The molecule has 1 heterocycles. The van der Waals surface area contributed by atoms with Crippen LogP contribution in [-0.2, 0) is 6.54 Å². The van der Waals surface area contributed by atoms with E-state index in [1.54, 1.807) is 0 Å². The average Bonchev–Trinajstić information content (AvgIpc) is 2.41. The molecule has 0 saturated carbocycles. The summed E-state index contributed by atoms with van der Waals surface area (Å²) < 4.78 is 0. The molecule has 0 bridgehead atoms. The standard InChI is InChI=1S/C16H20N2/c1-12-4-5-15(10-13(12)2)11-18-14(3)16-6-8-17-9-7-16/h4-10,14,18H,11H2,1-3H3/t14-/m1/s1. The molecular weight excluding hydrogens is 220 g/mol. The minimum atomic E-state index is 0.342. The van der Waals surface area contributed by atoms with E-state index >= 15 is 0 Å². The van der Waals surface area contributed by atoms with E-state index in [-0.39, 0.29) is 0 Å². The summed E-state index contributed by atoms with van der Waals surface area (Å²) in [6.45, 7) is 7.37. The minimum absolute atomic E-state index is 0.342. The number of nitrogens with zero attached hydrogens (tertiary/aromatic N) is 1. The number of hydrogen-bond donors (Lipinski definition) is 1. The number of pyridine rings is 1. The number of aryl methyl sites for hydroxylation is 2. The summed E-state index contributed by atoms with van der Waals surface area (Å²) >= 11 is 0. The third-order valence-corrected chi connectivity index (χ3v) is 3.39. The molecular formula is C16H20N2. The molecule has 18 heavy (non-hydrogen) atoms. The summed E-state index contributed by atoms with van der Waals surface area (Å²) in [5, 5.41) is 3.53. The molecule has 0 aliphatic rings. The van der Waals surface area contributed by atoms with Crippen molar-refractivity contribution in [2.24, 2.45) is 0 Å². The first-order valence-electron chi connectivity index (χ1n) is 6.36. The molecule has 1 aromatic heterocycles. The van der Waals surface area contributed by atoms with Gasteiger partial charge in [0.2, 0.25) is 0 Å². The van der Waals surface area contributed by atoms with Gasteiger partial charge in [0.05, 0.1) is 0 Å². The molecule has 2 nitrogen and oxygen atoms in total. The lowest BCUT2D eigenvalue weighted by molar-refractivity contribution is 0.574. The van der Waals surface area contributed by atoms with Gasteiger partial charge in [-0.15, -0.1) is 0 Å². The molecule has 94 valence electrons. The van der Waals surface area contributed by atoms with Crippen LogP contribution < -0.4 is 5.32 Å². The maximum atomic E-state index is 4.04. The highest BCUT2D eigenvalue weighted by molar-refractivity contribution is 5.30. The Morgan fingerprint density at radius 1 is 1.06 bits per heavy atom. The Kier molecular flexibility index (Phi) is 4.11. The van der Waals surface area contributed by atoms with Crippen LogP contribution in [0.5, 0.6) is 0 Å². The van der Waals surface area contributed by atoms with Crippen LogP contribution in [0.2, 0.25) is 0 Å². The molecule has 1 atom stereocenters. The van der Waals surface area contributed by atoms with E-state index in [1.807, 2.05) is 12.4 Å². The Morgan fingerprint density at radius 2 is 1.78 bits per heavy atom. The lowest BCUT2D eigenvalue weighted by Crippen LogP contribution is -2.18. The largest absolute Gasteiger partial charge is 0.306 e. The molecule has 2 heteroatoms. The van der Waals surface area contributed by atoms with Crippen LogP contribution in [-0.4, -0.2) is 4.98 Å². The lowest BCUT2D eigenvalue weighted by atomic mass is 10.1. The van der Waals surface area contributed by atoms with E-state index in [0.29, 0.717) is 6.04 Å². The van der Waals surface area contributed by atoms with Gasteiger partial charge in [0.15, 0.2) is 0 Å². The molecule has 0 aliphatic heterocycles. The first-order chi connectivity index (χ1) is 8.66. The monoisotopic (exact) mass is 240 g/mol. The van der Waals surface area contributed by atoms with Crippen molar-refractivity contribution in [3.05, 3.63) is 65.0 Å². The van der Waals surface area contributed by atoms with Gasteiger partial charge in [0.1, 0.15) is 0 Å². The zero-order valence-corrected chi connectivity index (χ0v) is 11.3. The molecule has 2 rings (SSSR count). The third kappa shape index (κ3) is 3.17. The number of rotatable bonds is 4. The number of benzene rings is 1. The first-order valence-corrected chi connectivity index (χ1v) is 6.36. The van der Waals surface area contributed by atoms with Gasteiger partial charge in [-0.1, -0.05) is 18.2 Å². The van der Waals surface area contributed by atoms with E-state index in [1.165, 1.54) is 22.3 Å². The number of nitrogens with one attached hydrogen (secondary N) is 1. The van der Waals surface area contributed by atoms with Crippen LogP contribution in [0.3, 0.4) is 0 Å². The quantitative estimate of drug-likeness (QED) is 0.884. The van der Waals surface area contributed by atoms with Gasteiger partial charge in [0.25, 0.3) is 0 Å². The Balaban J connectivity index is 1.97. The van der Waals surface area contributed by atoms with Crippen LogP contribution in [0.1, 0.15) is 35.2 Å². The van der Waals surface area contributed by atoms with Crippen molar-refractivity contribution in [3.8, 4) is 0 Å². The smallest absolute Gasteiger partial charge is 0.0296 e. The summed E-state index contributed by atoms with van der Waals surface area (Å²) in [5.41, 5.74) is 5.31. The minimum Gasteiger partial charge on any atom is -0.306 e. The fourth-order valence-corrected chi connectivity index (χ4v) is 1.95. The first kappa shape index (κ1) is 12.8. The Bertz CT molecular complexity index is 506. The van der Waals surface area contributed by atoms with Gasteiger partial charge in [-0.3, -0.25) is 4.98 Å². The summed E-state index contributed by atoms with van der Waals surface area (Å²) in [5.74, 6) is 0. The molecule has 1 N–H and O–H groups in total. The van der Waals surface area contributed by atoms with Crippen LogP contribution in [0.15, 0.2) is 42.7 Å². The van der Waals surface area contributed by atoms with E-state index in [0.717, 1.165) is 6.54 Å². The predicted octanol–water partition coefficient (Wildman–Crippen LogP) is 3.55. The fraction of sp³-hybridized carbons (Fsp3) is 0.312. The summed E-state index contributed by atoms with van der Waals surface area (Å²) in [6, 6.07) is 11.1. The van der Waals surface area contributed by atoms with Crippen LogP contribution >= 0.6 is 0 Å². The van der Waals surface area contributed by atoms with Crippen molar-refractivity contribution < 1.29 is 0 Å². The highest BCUT2D eigenvalue weighted by atomic mass is 14.9. The normalized spacial score (nSPS) is 12.4. The second-order valence-electron chi connectivity index (χ2n) is 4.80. The van der Waals surface area contributed by atoms with Crippen molar-refractivity contribution in [1.29, 1.82) is 0 Å². The number of aromatic nitrogens is 1. The van der Waals surface area contributed by atoms with Crippen molar-refractivity contribution in [2.75, 3.05) is 0 Å². The molecule has 0 saturated heterocycles. The highest BCUT2D eigenvalue weighted by Crippen LogP contribution is 2.13. The van der Waals surface area contributed by atoms with Gasteiger partial charge < -0.3 is 5.32 Å². The van der Waals surface area contributed by atoms with Crippen molar-refractivity contribution >= 4 is 0 Å². The van der Waals surface area contributed by atoms with E-state index in [9.17, 15) is 0 Å². The maximum absolute atomic E-state index is 4.04. The van der Waals surface area contributed by atoms with Gasteiger partial charge in [0, 0.05) is 25.0 Å². The molecule has 0 amide bonds. The van der Waals surface area contributed by atoms with Gasteiger partial charge in [-0.25, -0.2) is 0 Å². The zero-order chi connectivity index (χ0) is 13.0. The summed E-state index contributed by atoms with van der Waals surface area (Å²) in [4.78, 5) is 4.04. The number of hydrogen-bond acceptors (Lipinski definition) is 2. The van der Waals surface area contributed by atoms with Crippen molar-refractivity contribution in [1.82, 2.24) is 10.3 Å². The van der Waals surface area contributed by atoms with Crippen molar-refractivity contribution in [3.63, 3.8) is 0 Å². The maximum Gasteiger partial charge on any atom is 0.0296 e. The van der Waals surface area contributed by atoms with Crippen LogP contribution in [0.4, 0.5) is 0 Å². The van der Waals surface area contributed by atoms with Crippen molar-refractivity contribution in [2.45, 2.75) is 33.4 Å². The van der Waals surface area contributed by atoms with Crippen LogP contribution in [0, 0.1) is 13.8 Å². The molecule has 0 spiro atoms. The van der Waals surface area contributed by atoms with Gasteiger partial charge in [-0.2, -0.15) is 0 Å². The molecule has 1 aromatic carbocycles. The average molecular weight is 240 g/mol. The molecule has 0 fully saturated rings. The second-order valence-corrected chi connectivity index (χ2v) is 4.80. The van der Waals surface area contributed by atoms with Gasteiger partial charge in [-0.05, 0) is 55.2 Å². The lowest BCUT2D eigenvalue weighted by Gasteiger charge is -2.14. The van der Waals surface area contributed by atoms with Crippen LogP contribution in [0.25, 0.3) is 0 Å². The van der Waals surface area contributed by atoms with E-state index in [4.69, 9.17) is 0 Å². The molecule has 0 unspecified atom stereocenters. The fourth-order valence-electron chi connectivity index (χ4n) is 1.95. The zero-order valence-electron chi connectivity index (χ0n) is 11.3. The van der Waals surface area contributed by atoms with E-state index < -0.39 is 0 Å². The third-order valence-electron chi connectivity index (χ3n) is 3.39.